The average Bonchev–Trinajstić information content (AvgIpc) is 2.28. The van der Waals surface area contributed by atoms with Gasteiger partial charge in [-0.2, -0.15) is 8.78 Å². The Hall–Kier alpha value is -1.44. The molecule has 0 atom stereocenters. The molecule has 0 saturated heterocycles. The SMILES string of the molecule is CCNc1cc(C)nc(COCC(F)(F)C(F)F)n1. The monoisotopic (exact) mass is 281 g/mol. The van der Waals surface area contributed by atoms with Gasteiger partial charge in [-0.25, -0.2) is 18.7 Å². The van der Waals surface area contributed by atoms with Crippen molar-refractivity contribution >= 4 is 5.82 Å². The number of alkyl halides is 4. The molecule has 1 rings (SSSR count). The minimum absolute atomic E-state index is 0.168. The first-order valence-electron chi connectivity index (χ1n) is 5.67. The first-order chi connectivity index (χ1) is 8.85. The second-order valence-electron chi connectivity index (χ2n) is 3.90. The fourth-order valence-electron chi connectivity index (χ4n) is 1.31. The van der Waals surface area contributed by atoms with E-state index in [1.807, 2.05) is 6.92 Å². The molecule has 0 fully saturated rings. The number of aromatic nitrogens is 2. The first-order valence-corrected chi connectivity index (χ1v) is 5.67. The lowest BCUT2D eigenvalue weighted by molar-refractivity contribution is -0.168. The molecule has 1 N–H and O–H groups in total. The summed E-state index contributed by atoms with van der Waals surface area (Å²) in [5.41, 5.74) is 0.630. The van der Waals surface area contributed by atoms with Crippen LogP contribution in [-0.2, 0) is 11.3 Å². The highest BCUT2D eigenvalue weighted by molar-refractivity contribution is 5.35. The van der Waals surface area contributed by atoms with E-state index in [9.17, 15) is 17.6 Å². The summed E-state index contributed by atoms with van der Waals surface area (Å²) in [6.45, 7) is 2.51. The third kappa shape index (κ3) is 4.98. The lowest BCUT2D eigenvalue weighted by atomic mass is 10.4. The zero-order valence-electron chi connectivity index (χ0n) is 10.6. The van der Waals surface area contributed by atoms with Crippen LogP contribution in [0.2, 0.25) is 0 Å². The van der Waals surface area contributed by atoms with Gasteiger partial charge < -0.3 is 10.1 Å². The van der Waals surface area contributed by atoms with Gasteiger partial charge in [-0.15, -0.1) is 0 Å². The number of hydrogen-bond acceptors (Lipinski definition) is 4. The van der Waals surface area contributed by atoms with E-state index in [0.717, 1.165) is 0 Å². The number of hydrogen-bond donors (Lipinski definition) is 1. The number of rotatable bonds is 7. The largest absolute Gasteiger partial charge is 0.370 e. The van der Waals surface area contributed by atoms with Crippen LogP contribution in [-0.4, -0.2) is 35.5 Å². The van der Waals surface area contributed by atoms with Crippen molar-refractivity contribution in [1.82, 2.24) is 9.97 Å². The number of nitrogens with one attached hydrogen (secondary N) is 1. The second kappa shape index (κ2) is 6.65. The van der Waals surface area contributed by atoms with Crippen molar-refractivity contribution in [3.8, 4) is 0 Å². The zero-order valence-corrected chi connectivity index (χ0v) is 10.6. The van der Waals surface area contributed by atoms with Crippen molar-refractivity contribution in [3.05, 3.63) is 17.6 Å². The molecule has 0 spiro atoms. The van der Waals surface area contributed by atoms with Crippen LogP contribution in [0.25, 0.3) is 0 Å². The van der Waals surface area contributed by atoms with Crippen molar-refractivity contribution in [2.24, 2.45) is 0 Å². The summed E-state index contributed by atoms with van der Waals surface area (Å²) >= 11 is 0. The molecule has 0 saturated carbocycles. The summed E-state index contributed by atoms with van der Waals surface area (Å²) in [6, 6.07) is 1.68. The predicted octanol–water partition coefficient (Wildman–Crippen LogP) is 2.63. The molecule has 0 aliphatic carbocycles. The molecule has 4 nitrogen and oxygen atoms in total. The third-order valence-electron chi connectivity index (χ3n) is 2.10. The van der Waals surface area contributed by atoms with Crippen molar-refractivity contribution in [1.29, 1.82) is 0 Å². The van der Waals surface area contributed by atoms with Gasteiger partial charge in [0, 0.05) is 18.3 Å². The molecular formula is C11H15F4N3O. The van der Waals surface area contributed by atoms with Gasteiger partial charge in [-0.05, 0) is 13.8 Å². The summed E-state index contributed by atoms with van der Waals surface area (Å²) in [6.07, 6.45) is -3.75. The van der Waals surface area contributed by atoms with E-state index >= 15 is 0 Å². The number of ether oxygens (including phenoxy) is 1. The lowest BCUT2D eigenvalue weighted by Gasteiger charge is -2.15. The number of anilines is 1. The maximum absolute atomic E-state index is 12.6. The van der Waals surface area contributed by atoms with Crippen LogP contribution in [0.3, 0.4) is 0 Å². The predicted molar refractivity (Wildman–Crippen MR) is 61.5 cm³/mol. The summed E-state index contributed by atoms with van der Waals surface area (Å²) in [5, 5.41) is 2.94. The summed E-state index contributed by atoms with van der Waals surface area (Å²) in [5.74, 6) is -3.45. The number of halogens is 4. The van der Waals surface area contributed by atoms with E-state index in [1.165, 1.54) is 0 Å². The summed E-state index contributed by atoms with van der Waals surface area (Å²) < 4.78 is 53.5. The lowest BCUT2D eigenvalue weighted by Crippen LogP contribution is -2.32. The van der Waals surface area contributed by atoms with E-state index in [-0.39, 0.29) is 12.4 Å². The van der Waals surface area contributed by atoms with Crippen LogP contribution in [0.1, 0.15) is 18.4 Å². The Labute approximate surface area is 108 Å². The van der Waals surface area contributed by atoms with Crippen molar-refractivity contribution in [2.45, 2.75) is 32.8 Å². The molecule has 0 unspecified atom stereocenters. The van der Waals surface area contributed by atoms with Gasteiger partial charge in [-0.1, -0.05) is 0 Å². The Morgan fingerprint density at radius 3 is 2.63 bits per heavy atom. The Kier molecular flexibility index (Phi) is 5.46. The van der Waals surface area contributed by atoms with Gasteiger partial charge in [0.15, 0.2) is 5.82 Å². The Morgan fingerprint density at radius 2 is 2.05 bits per heavy atom. The Balaban J connectivity index is 2.58. The van der Waals surface area contributed by atoms with E-state index < -0.39 is 19.0 Å². The van der Waals surface area contributed by atoms with Crippen LogP contribution >= 0.6 is 0 Å². The average molecular weight is 281 g/mol. The molecule has 8 heteroatoms. The zero-order chi connectivity index (χ0) is 14.5. The maximum Gasteiger partial charge on any atom is 0.330 e. The molecule has 0 bridgehead atoms. The van der Waals surface area contributed by atoms with Gasteiger partial charge in [0.1, 0.15) is 19.0 Å². The molecule has 0 aromatic carbocycles. The second-order valence-corrected chi connectivity index (χ2v) is 3.90. The number of aryl methyl sites for hydroxylation is 1. The molecule has 1 heterocycles. The molecule has 0 aliphatic heterocycles. The Bertz CT molecular complexity index is 415. The Morgan fingerprint density at radius 1 is 1.37 bits per heavy atom. The van der Waals surface area contributed by atoms with Crippen molar-refractivity contribution in [3.63, 3.8) is 0 Å². The third-order valence-corrected chi connectivity index (χ3v) is 2.10. The highest BCUT2D eigenvalue weighted by atomic mass is 19.3. The fraction of sp³-hybridized carbons (Fsp3) is 0.636. The van der Waals surface area contributed by atoms with Crippen LogP contribution in [0.4, 0.5) is 23.4 Å². The smallest absolute Gasteiger partial charge is 0.330 e. The molecule has 108 valence electrons. The minimum atomic E-state index is -4.16. The van der Waals surface area contributed by atoms with Gasteiger partial charge in [0.05, 0.1) is 0 Å². The van der Waals surface area contributed by atoms with Crippen molar-refractivity contribution < 1.29 is 22.3 Å². The maximum atomic E-state index is 12.6. The first kappa shape index (κ1) is 15.6. The van der Waals surface area contributed by atoms with Crippen LogP contribution in [0, 0.1) is 6.92 Å². The minimum Gasteiger partial charge on any atom is -0.370 e. The molecule has 0 radical (unpaired) electrons. The van der Waals surface area contributed by atoms with E-state index in [4.69, 9.17) is 0 Å². The topological polar surface area (TPSA) is 47.0 Å². The highest BCUT2D eigenvalue weighted by Gasteiger charge is 2.40. The summed E-state index contributed by atoms with van der Waals surface area (Å²) in [7, 11) is 0. The van der Waals surface area contributed by atoms with Gasteiger partial charge in [-0.3, -0.25) is 0 Å². The molecular weight excluding hydrogens is 266 g/mol. The van der Waals surface area contributed by atoms with Crippen LogP contribution in [0.5, 0.6) is 0 Å². The standard InChI is InChI=1S/C11H15F4N3O/c1-3-16-8-4-7(2)17-9(18-8)5-19-6-11(14,15)10(12)13/h4,10H,3,5-6H2,1-2H3,(H,16,17,18). The molecule has 0 aliphatic rings. The fourth-order valence-corrected chi connectivity index (χ4v) is 1.31. The molecule has 0 amide bonds. The van der Waals surface area contributed by atoms with Crippen LogP contribution < -0.4 is 5.32 Å². The van der Waals surface area contributed by atoms with E-state index in [2.05, 4.69) is 20.0 Å². The summed E-state index contributed by atoms with van der Waals surface area (Å²) in [4.78, 5) is 7.98. The normalized spacial score (nSPS) is 11.9. The molecule has 1 aromatic heterocycles. The highest BCUT2D eigenvalue weighted by Crippen LogP contribution is 2.23. The quantitative estimate of drug-likeness (QED) is 0.780. The van der Waals surface area contributed by atoms with Gasteiger partial charge in [0.25, 0.3) is 0 Å². The van der Waals surface area contributed by atoms with Crippen LogP contribution in [0.15, 0.2) is 6.07 Å². The molecule has 19 heavy (non-hydrogen) atoms. The van der Waals surface area contributed by atoms with E-state index in [0.29, 0.717) is 18.1 Å². The van der Waals surface area contributed by atoms with Crippen molar-refractivity contribution in [2.75, 3.05) is 18.5 Å². The molecule has 1 aromatic rings. The number of nitrogens with zero attached hydrogens (tertiary/aromatic N) is 2. The van der Waals surface area contributed by atoms with E-state index in [1.54, 1.807) is 13.0 Å². The van der Waals surface area contributed by atoms with Gasteiger partial charge >= 0.3 is 12.3 Å². The van der Waals surface area contributed by atoms with Gasteiger partial charge in [0.2, 0.25) is 0 Å².